The Balaban J connectivity index is 0.000000520. The molecule has 0 spiro atoms. The van der Waals surface area contributed by atoms with Gasteiger partial charge >= 0.3 is 0 Å². The van der Waals surface area contributed by atoms with E-state index in [1.165, 1.54) is 217 Å². The number of phenolic OH excluding ortho intramolecular Hbond substituents is 1. The van der Waals surface area contributed by atoms with Crippen LogP contribution < -0.4 is 51.1 Å². The van der Waals surface area contributed by atoms with Crippen LogP contribution in [0.2, 0.25) is 5.28 Å². The third-order valence-corrected chi connectivity index (χ3v) is 22.2. The zero-order valence-electron chi connectivity index (χ0n) is 76.0. The predicted molar refractivity (Wildman–Crippen MR) is 532 cm³/mol. The minimum Gasteiger partial charge on any atom is -0.507 e. The number of non-ortho nitro benzene ring substituents is 4. The lowest BCUT2D eigenvalue weighted by Gasteiger charge is -2.15. The number of nitrogen functional groups attached to an aromatic ring is 1. The first kappa shape index (κ1) is 117. The molecule has 0 radical (unpaired) electrons. The number of anilines is 5. The Morgan fingerprint density at radius 1 is 0.402 bits per heavy atom. The molecule has 8 N–H and O–H groups in total. The second kappa shape index (κ2) is 65.9. The summed E-state index contributed by atoms with van der Waals surface area (Å²) >= 11 is 5.57. The van der Waals surface area contributed by atoms with Crippen LogP contribution in [-0.4, -0.2) is 236 Å². The molecule has 5 aliphatic rings. The molecule has 6 aromatic carbocycles. The van der Waals surface area contributed by atoms with Gasteiger partial charge in [0.05, 0.1) is 66.4 Å². The molecule has 7 heterocycles. The number of nitro benzene ring substituents is 4. The SMILES string of the molecule is C.C.C.C.CNc1cc(C)nc(Cl)n1.CNc1cc(C)nc(Nc2ccc(OC)c(CCCCN3CCCC3)c2)n1.COc1ccc(N)cc1CCCCN1CCCC1.COc1ccc([N+](=O)[O-])cc1C=O.COc1ccc([N+](=O)[O-])cc1CCCCN1CCCC1.COc1ccc([N+](=O)[O-])cc1CCCCN1CCCC1.NCCN1CCCC1.O=Cc1cc([N+](=O)[O-])ccc1O. The van der Waals surface area contributed by atoms with Crippen LogP contribution in [0, 0.1) is 54.3 Å². The van der Waals surface area contributed by atoms with Gasteiger partial charge in [-0.2, -0.15) is 4.98 Å². The molecule has 13 rings (SSSR count). The molecule has 730 valence electrons. The number of unbranched alkanes of at least 4 members (excludes halogenated alkanes) is 4. The van der Waals surface area contributed by atoms with E-state index in [2.05, 4.69) is 66.5 Å². The van der Waals surface area contributed by atoms with Crippen LogP contribution in [0.3, 0.4) is 0 Å². The van der Waals surface area contributed by atoms with Crippen LogP contribution in [0.4, 0.5) is 51.7 Å². The molecule has 0 amide bonds. The summed E-state index contributed by atoms with van der Waals surface area (Å²) in [5, 5.41) is 60.6. The summed E-state index contributed by atoms with van der Waals surface area (Å²) in [5.41, 5.74) is 19.2. The van der Waals surface area contributed by atoms with E-state index in [9.17, 15) is 50.0 Å². The highest BCUT2D eigenvalue weighted by Gasteiger charge is 2.20. The van der Waals surface area contributed by atoms with Gasteiger partial charge in [0.25, 0.3) is 22.7 Å². The number of hydrogen-bond donors (Lipinski definition) is 6. The normalized spacial score (nSPS) is 13.6. The van der Waals surface area contributed by atoms with Crippen LogP contribution in [0.5, 0.6) is 34.5 Å². The number of nitro groups is 4. The van der Waals surface area contributed by atoms with Gasteiger partial charge in [-0.3, -0.25) is 50.0 Å². The molecule has 35 heteroatoms. The Labute approximate surface area is 787 Å². The summed E-state index contributed by atoms with van der Waals surface area (Å²) in [6.45, 7) is 23.0. The van der Waals surface area contributed by atoms with Gasteiger partial charge in [0.2, 0.25) is 11.2 Å². The van der Waals surface area contributed by atoms with Crippen molar-refractivity contribution >= 4 is 75.9 Å². The molecule has 8 aromatic rings. The van der Waals surface area contributed by atoms with Gasteiger partial charge < -0.3 is 80.7 Å². The van der Waals surface area contributed by atoms with Gasteiger partial charge in [-0.1, -0.05) is 29.7 Å². The number of likely N-dealkylation sites (tertiary alicyclic amines) is 5. The maximum atomic E-state index is 10.8. The Bertz CT molecular complexity index is 4580. The standard InChI is InChI=1S/C21H31N5O.2C15H22N2O3.C15H24N2O.C8H7NO4.C7H5NO4.C6H8ClN3.C6H14N2.4CH4/c1-16-14-20(22-2)25-21(23-16)24-18-9-10-19(27-3)17(15-18)8-4-5-11-26-12-6-7-13-26;2*1-20-15-8-7-14(17(18)19)12-13(15)6-2-3-9-16-10-4-5-11-16;1-18-15-8-7-14(16)12-13(15)6-2-3-9-17-10-4-5-11-17;1-13-8-3-2-7(9(11)12)4-6(8)5-10;9-4-5-3-6(8(11)12)1-2-7(5)10;1-4-3-5(8-2)10-6(7)9-4;7-3-6-8-4-1-2-5-8;;;;/h9-10,14-15H,4-8,11-13H2,1-3H3,(H2,22,23,24,25);2*7-8,12H,2-6,9-11H2,1H3;7-8,12H,2-6,9-11,16H2,1H3;2-5H,1H3;1-4,10H;3H,1-2H3,(H,8,9,10);1-7H2;4*1H4. The zero-order chi connectivity index (χ0) is 93.0. The maximum Gasteiger partial charge on any atom is 0.270 e. The number of hydrogen-bond acceptors (Lipinski definition) is 30. The molecule has 0 aliphatic carbocycles. The molecule has 0 atom stereocenters. The molecule has 5 aliphatic heterocycles. The van der Waals surface area contributed by atoms with E-state index in [1.54, 1.807) is 59.8 Å². The van der Waals surface area contributed by atoms with Crippen molar-refractivity contribution in [2.24, 2.45) is 5.73 Å². The molecule has 34 nitrogen and oxygen atoms in total. The van der Waals surface area contributed by atoms with Crippen molar-refractivity contribution in [3.63, 3.8) is 0 Å². The number of aromatic hydroxyl groups is 1. The van der Waals surface area contributed by atoms with Crippen LogP contribution in [0.15, 0.2) is 121 Å². The third kappa shape index (κ3) is 43.2. The highest BCUT2D eigenvalue weighted by Crippen LogP contribution is 2.31. The van der Waals surface area contributed by atoms with Gasteiger partial charge in [-0.25, -0.2) is 15.0 Å². The minimum atomic E-state index is -0.633. The number of carbonyl (C=O) groups excluding carboxylic acids is 2. The van der Waals surface area contributed by atoms with E-state index in [-0.39, 0.29) is 84.5 Å². The van der Waals surface area contributed by atoms with Gasteiger partial charge in [0.15, 0.2) is 12.6 Å². The number of halogens is 1. The number of phenols is 1. The van der Waals surface area contributed by atoms with E-state index in [0.717, 1.165) is 164 Å². The second-order valence-corrected chi connectivity index (χ2v) is 31.7. The third-order valence-electron chi connectivity index (χ3n) is 22.0. The summed E-state index contributed by atoms with van der Waals surface area (Å²) in [5.74, 6) is 5.64. The Hall–Kier alpha value is -11.5. The van der Waals surface area contributed by atoms with Crippen molar-refractivity contribution in [2.75, 3.05) is 176 Å². The van der Waals surface area contributed by atoms with Crippen molar-refractivity contribution in [3.05, 3.63) is 212 Å². The van der Waals surface area contributed by atoms with Gasteiger partial charge in [0, 0.05) is 122 Å². The summed E-state index contributed by atoms with van der Waals surface area (Å²) in [6, 6.07) is 32.6. The minimum absolute atomic E-state index is 0. The number of carbonyl (C=O) groups is 2. The number of nitrogens with one attached hydrogen (secondary N) is 3. The Kier molecular flexibility index (Phi) is 58.2. The number of nitrogens with two attached hydrogens (primary N) is 2. The number of rotatable bonds is 37. The molecule has 2 aromatic heterocycles. The topological polar surface area (TPSA) is 429 Å². The number of ether oxygens (including phenoxy) is 5. The predicted octanol–water partition coefficient (Wildman–Crippen LogP) is 19.3. The highest BCUT2D eigenvalue weighted by atomic mass is 35.5. The summed E-state index contributed by atoms with van der Waals surface area (Å²) in [7, 11) is 11.7. The van der Waals surface area contributed by atoms with E-state index in [0.29, 0.717) is 24.3 Å². The zero-order valence-corrected chi connectivity index (χ0v) is 76.7. The quantitative estimate of drug-likeness (QED) is 0.00526. The van der Waals surface area contributed by atoms with Crippen molar-refractivity contribution in [3.8, 4) is 34.5 Å². The highest BCUT2D eigenvalue weighted by molar-refractivity contribution is 6.28. The monoisotopic (exact) mass is 1860 g/mol. The van der Waals surface area contributed by atoms with Crippen molar-refractivity contribution in [1.82, 2.24) is 44.4 Å². The number of methoxy groups -OCH3 is 5. The summed E-state index contributed by atoms with van der Waals surface area (Å²) in [6.07, 6.45) is 27.3. The van der Waals surface area contributed by atoms with Crippen LogP contribution in [0.1, 0.15) is 200 Å². The molecule has 5 fully saturated rings. The first-order chi connectivity index (χ1) is 61.9. The lowest BCUT2D eigenvalue weighted by atomic mass is 10.1. The van der Waals surface area contributed by atoms with Gasteiger partial charge in [-0.15, -0.1) is 0 Å². The number of aromatic nitrogens is 4. The Morgan fingerprint density at radius 2 is 0.712 bits per heavy atom. The van der Waals surface area contributed by atoms with E-state index >= 15 is 0 Å². The lowest BCUT2D eigenvalue weighted by molar-refractivity contribution is -0.385. The second-order valence-electron chi connectivity index (χ2n) is 31.4. The average molecular weight is 1860 g/mol. The number of aryl methyl sites for hydroxylation is 6. The fourth-order valence-corrected chi connectivity index (χ4v) is 15.5. The molecular weight excluding hydrogens is 1710 g/mol. The summed E-state index contributed by atoms with van der Waals surface area (Å²) < 4.78 is 26.3. The smallest absolute Gasteiger partial charge is 0.270 e. The molecule has 0 unspecified atom stereocenters. The van der Waals surface area contributed by atoms with E-state index < -0.39 is 9.85 Å². The van der Waals surface area contributed by atoms with Crippen molar-refractivity contribution < 1.29 is 58.1 Å². The largest absolute Gasteiger partial charge is 0.507 e. The molecule has 0 bridgehead atoms. The first-order valence-corrected chi connectivity index (χ1v) is 44.5. The van der Waals surface area contributed by atoms with Crippen LogP contribution in [-0.2, 0) is 25.7 Å². The molecule has 0 saturated carbocycles. The Morgan fingerprint density at radius 3 is 1.06 bits per heavy atom. The van der Waals surface area contributed by atoms with E-state index in [1.807, 2.05) is 63.4 Å². The van der Waals surface area contributed by atoms with Crippen molar-refractivity contribution in [1.29, 1.82) is 0 Å². The number of nitrogens with zero attached hydrogens (tertiary/aromatic N) is 13. The molecule has 132 heavy (non-hydrogen) atoms. The van der Waals surface area contributed by atoms with Gasteiger partial charge in [-0.05, 0) is 330 Å². The fourth-order valence-electron chi connectivity index (χ4n) is 15.2. The molecular formula is C97H149ClN18O16. The van der Waals surface area contributed by atoms with Crippen LogP contribution >= 0.6 is 11.6 Å². The number of aldehydes is 2. The summed E-state index contributed by atoms with van der Waals surface area (Å²) in [4.78, 5) is 90.2. The van der Waals surface area contributed by atoms with E-state index in [4.69, 9.17) is 51.9 Å². The fraction of sp³-hybridized carbons (Fsp3) is 0.526. The average Bonchev–Trinajstić information content (AvgIpc) is 0.997. The lowest BCUT2D eigenvalue weighted by Crippen LogP contribution is -2.26. The molecule has 5 saturated heterocycles. The number of benzene rings is 6. The van der Waals surface area contributed by atoms with Crippen molar-refractivity contribution in [2.45, 2.75) is 185 Å². The first-order valence-electron chi connectivity index (χ1n) is 44.1. The maximum absolute atomic E-state index is 10.8. The van der Waals surface area contributed by atoms with Crippen LogP contribution in [0.25, 0.3) is 0 Å². The van der Waals surface area contributed by atoms with Gasteiger partial charge in [0.1, 0.15) is 46.1 Å².